The number of allylic oxidation sites excluding steroid dienone is 3. The highest BCUT2D eigenvalue weighted by molar-refractivity contribution is 5.34. The number of benzene rings is 1. The molecule has 22 heavy (non-hydrogen) atoms. The third kappa shape index (κ3) is 2.80. The Balaban J connectivity index is 1.40. The zero-order valence-corrected chi connectivity index (χ0v) is 12.6. The molecule has 2 heterocycles. The summed E-state index contributed by atoms with van der Waals surface area (Å²) in [5.41, 5.74) is 2.54. The fraction of sp³-hybridized carbons (Fsp3) is 0.333. The molecule has 4 heteroatoms. The lowest BCUT2D eigenvalue weighted by atomic mass is 10.1. The second-order valence-corrected chi connectivity index (χ2v) is 5.89. The molecule has 0 aromatic heterocycles. The first-order valence-corrected chi connectivity index (χ1v) is 7.72. The maximum absolute atomic E-state index is 5.92. The van der Waals surface area contributed by atoms with Crippen LogP contribution in [0.25, 0.3) is 0 Å². The first-order chi connectivity index (χ1) is 10.9. The number of ether oxygens (including phenoxy) is 2. The number of rotatable bonds is 2. The average Bonchev–Trinajstić information content (AvgIpc) is 2.80. The zero-order chi connectivity index (χ0) is 14.8. The molecule has 114 valence electrons. The van der Waals surface area contributed by atoms with Crippen molar-refractivity contribution >= 4 is 0 Å². The van der Waals surface area contributed by atoms with Gasteiger partial charge in [0, 0.05) is 30.6 Å². The summed E-state index contributed by atoms with van der Waals surface area (Å²) in [5.74, 6) is 2.12. The van der Waals surface area contributed by atoms with Crippen LogP contribution in [0.2, 0.25) is 0 Å². The molecule has 4 rings (SSSR count). The van der Waals surface area contributed by atoms with Gasteiger partial charge in [-0.05, 0) is 6.07 Å². The van der Waals surface area contributed by atoms with Crippen LogP contribution < -0.4 is 4.74 Å². The molecular weight excluding hydrogens is 276 g/mol. The van der Waals surface area contributed by atoms with E-state index in [0.717, 1.165) is 37.7 Å². The van der Waals surface area contributed by atoms with Gasteiger partial charge in [-0.25, -0.2) is 0 Å². The molecule has 4 nitrogen and oxygen atoms in total. The number of hydrogen-bond acceptors (Lipinski definition) is 4. The van der Waals surface area contributed by atoms with E-state index in [4.69, 9.17) is 9.47 Å². The smallest absolute Gasteiger partial charge is 0.143 e. The van der Waals surface area contributed by atoms with Gasteiger partial charge in [0.25, 0.3) is 0 Å². The van der Waals surface area contributed by atoms with Gasteiger partial charge in [-0.3, -0.25) is 9.80 Å². The van der Waals surface area contributed by atoms with Crippen LogP contribution in [-0.4, -0.2) is 36.5 Å². The number of fused-ring (bicyclic) bond motifs is 1. The molecule has 0 saturated carbocycles. The summed E-state index contributed by atoms with van der Waals surface area (Å²) in [6.07, 6.45) is 9.38. The Kier molecular flexibility index (Phi) is 3.70. The minimum Gasteiger partial charge on any atom is -0.482 e. The van der Waals surface area contributed by atoms with Crippen molar-refractivity contribution in [3.8, 4) is 5.75 Å². The molecule has 1 aromatic carbocycles. The summed E-state index contributed by atoms with van der Waals surface area (Å²) in [6, 6.07) is 8.26. The van der Waals surface area contributed by atoms with Crippen LogP contribution in [0.15, 0.2) is 59.9 Å². The fourth-order valence-corrected chi connectivity index (χ4v) is 3.08. The van der Waals surface area contributed by atoms with Crippen LogP contribution in [0.1, 0.15) is 12.0 Å². The molecule has 0 bridgehead atoms. The van der Waals surface area contributed by atoms with E-state index in [1.54, 1.807) is 0 Å². The van der Waals surface area contributed by atoms with Crippen LogP contribution in [-0.2, 0) is 11.3 Å². The van der Waals surface area contributed by atoms with E-state index in [1.165, 1.54) is 11.1 Å². The van der Waals surface area contributed by atoms with Crippen LogP contribution >= 0.6 is 0 Å². The largest absolute Gasteiger partial charge is 0.482 e. The lowest BCUT2D eigenvalue weighted by Gasteiger charge is -2.36. The van der Waals surface area contributed by atoms with Crippen LogP contribution in [0.3, 0.4) is 0 Å². The predicted molar refractivity (Wildman–Crippen MR) is 84.9 cm³/mol. The first-order valence-electron chi connectivity index (χ1n) is 7.72. The van der Waals surface area contributed by atoms with Crippen LogP contribution in [0.4, 0.5) is 0 Å². The summed E-state index contributed by atoms with van der Waals surface area (Å²) < 4.78 is 11.7. The molecule has 3 aliphatic rings. The van der Waals surface area contributed by atoms with Crippen molar-refractivity contribution in [3.05, 3.63) is 65.5 Å². The van der Waals surface area contributed by atoms with Gasteiger partial charge in [0.1, 0.15) is 25.0 Å². The van der Waals surface area contributed by atoms with E-state index in [2.05, 4.69) is 46.2 Å². The number of para-hydroxylation sites is 1. The van der Waals surface area contributed by atoms with Crippen molar-refractivity contribution in [3.63, 3.8) is 0 Å². The van der Waals surface area contributed by atoms with E-state index in [0.29, 0.717) is 13.5 Å². The van der Waals surface area contributed by atoms with Gasteiger partial charge in [-0.2, -0.15) is 0 Å². The lowest BCUT2D eigenvalue weighted by molar-refractivity contribution is -0.0146. The SMILES string of the molecule is C1=CCC2=C(C=C1)CN(CN1COc3ccccc3C1)CO2. The Morgan fingerprint density at radius 2 is 1.82 bits per heavy atom. The molecule has 0 atom stereocenters. The monoisotopic (exact) mass is 296 g/mol. The Hall–Kier alpha value is -2.04. The van der Waals surface area contributed by atoms with E-state index in [-0.39, 0.29) is 0 Å². The van der Waals surface area contributed by atoms with Gasteiger partial charge in [0.15, 0.2) is 0 Å². The summed E-state index contributed by atoms with van der Waals surface area (Å²) >= 11 is 0. The minimum absolute atomic E-state index is 0.636. The molecule has 1 aromatic rings. The molecule has 0 saturated heterocycles. The van der Waals surface area contributed by atoms with Gasteiger partial charge >= 0.3 is 0 Å². The number of nitrogens with zero attached hydrogens (tertiary/aromatic N) is 2. The highest BCUT2D eigenvalue weighted by atomic mass is 16.5. The predicted octanol–water partition coefficient (Wildman–Crippen LogP) is 2.86. The van der Waals surface area contributed by atoms with E-state index in [9.17, 15) is 0 Å². The molecule has 0 unspecified atom stereocenters. The van der Waals surface area contributed by atoms with Crippen molar-refractivity contribution in [2.45, 2.75) is 13.0 Å². The normalized spacial score (nSPS) is 21.6. The third-order valence-corrected chi connectivity index (χ3v) is 4.19. The van der Waals surface area contributed by atoms with E-state index >= 15 is 0 Å². The first kappa shape index (κ1) is 13.6. The molecule has 0 amide bonds. The van der Waals surface area contributed by atoms with Crippen molar-refractivity contribution in [1.82, 2.24) is 9.80 Å². The standard InChI is InChI=1S/C18H20N2O2/c1-2-6-15-10-19(13-21-17(15)8-3-1)12-20-11-16-7-4-5-9-18(16)22-14-20/h1-7,9H,8,10-14H2. The van der Waals surface area contributed by atoms with Crippen LogP contribution in [0, 0.1) is 0 Å². The van der Waals surface area contributed by atoms with Crippen molar-refractivity contribution in [2.24, 2.45) is 0 Å². The summed E-state index contributed by atoms with van der Waals surface area (Å²) in [7, 11) is 0. The Labute approximate surface area is 130 Å². The number of hydrogen-bond donors (Lipinski definition) is 0. The highest BCUT2D eigenvalue weighted by Gasteiger charge is 2.23. The van der Waals surface area contributed by atoms with Gasteiger partial charge in [-0.15, -0.1) is 0 Å². The fourth-order valence-electron chi connectivity index (χ4n) is 3.08. The Morgan fingerprint density at radius 3 is 2.82 bits per heavy atom. The molecule has 0 fully saturated rings. The van der Waals surface area contributed by atoms with E-state index < -0.39 is 0 Å². The second-order valence-electron chi connectivity index (χ2n) is 5.89. The summed E-state index contributed by atoms with van der Waals surface area (Å²) in [6.45, 7) is 4.00. The quantitative estimate of drug-likeness (QED) is 0.838. The molecule has 0 N–H and O–H groups in total. The van der Waals surface area contributed by atoms with Crippen molar-refractivity contribution in [1.29, 1.82) is 0 Å². The molecule has 0 radical (unpaired) electrons. The van der Waals surface area contributed by atoms with Gasteiger partial charge in [0.05, 0.1) is 6.67 Å². The summed E-state index contributed by atoms with van der Waals surface area (Å²) in [4.78, 5) is 4.61. The minimum atomic E-state index is 0.636. The van der Waals surface area contributed by atoms with Gasteiger partial charge in [0.2, 0.25) is 0 Å². The van der Waals surface area contributed by atoms with Gasteiger partial charge in [-0.1, -0.05) is 42.5 Å². The van der Waals surface area contributed by atoms with Gasteiger partial charge < -0.3 is 9.47 Å². The van der Waals surface area contributed by atoms with Crippen LogP contribution in [0.5, 0.6) is 5.75 Å². The zero-order valence-electron chi connectivity index (χ0n) is 12.6. The Morgan fingerprint density at radius 1 is 0.955 bits per heavy atom. The topological polar surface area (TPSA) is 24.9 Å². The third-order valence-electron chi connectivity index (χ3n) is 4.19. The average molecular weight is 296 g/mol. The van der Waals surface area contributed by atoms with E-state index in [1.807, 2.05) is 12.1 Å². The summed E-state index contributed by atoms with van der Waals surface area (Å²) in [5, 5.41) is 0. The molecule has 1 aliphatic carbocycles. The molecule has 0 spiro atoms. The van der Waals surface area contributed by atoms with Crippen molar-refractivity contribution < 1.29 is 9.47 Å². The molecular formula is C18H20N2O2. The molecule has 2 aliphatic heterocycles. The maximum Gasteiger partial charge on any atom is 0.143 e. The van der Waals surface area contributed by atoms with Crippen molar-refractivity contribution in [2.75, 3.05) is 26.7 Å². The Bertz CT molecular complexity index is 648. The second kappa shape index (κ2) is 5.99. The lowest BCUT2D eigenvalue weighted by Crippen LogP contribution is -2.44. The maximum atomic E-state index is 5.92. The highest BCUT2D eigenvalue weighted by Crippen LogP contribution is 2.26.